The van der Waals surface area contributed by atoms with Crippen LogP contribution in [-0.4, -0.2) is 14.7 Å². The van der Waals surface area contributed by atoms with Crippen LogP contribution in [0.3, 0.4) is 0 Å². The van der Waals surface area contributed by atoms with Crippen molar-refractivity contribution in [2.75, 3.05) is 4.90 Å². The third-order valence-corrected chi connectivity index (χ3v) is 6.75. The number of hydrogen-bond acceptors (Lipinski definition) is 2. The van der Waals surface area contributed by atoms with Gasteiger partial charge in [0.1, 0.15) is 6.04 Å². The van der Waals surface area contributed by atoms with Crippen molar-refractivity contribution in [3.63, 3.8) is 0 Å². The average Bonchev–Trinajstić information content (AvgIpc) is 3.40. The number of nitrogens with one attached hydrogen (secondary N) is 1. The minimum atomic E-state index is -0.0697. The van der Waals surface area contributed by atoms with Crippen molar-refractivity contribution < 1.29 is 0 Å². The molecule has 2 unspecified atom stereocenters. The van der Waals surface area contributed by atoms with Gasteiger partial charge in [0, 0.05) is 29.5 Å². The van der Waals surface area contributed by atoms with Gasteiger partial charge in [-0.2, -0.15) is 0 Å². The number of thiocarbonyl (C=S) groups is 1. The fourth-order valence-corrected chi connectivity index (χ4v) is 5.11. The zero-order valence-corrected chi connectivity index (χ0v) is 20.2. The summed E-state index contributed by atoms with van der Waals surface area (Å²) in [5.41, 5.74) is 9.40. The zero-order valence-electron chi connectivity index (χ0n) is 19.4. The van der Waals surface area contributed by atoms with Gasteiger partial charge >= 0.3 is 0 Å². The van der Waals surface area contributed by atoms with Crippen molar-refractivity contribution in [3.05, 3.63) is 113 Å². The number of aryl methyl sites for hydroxylation is 4. The van der Waals surface area contributed by atoms with E-state index in [1.807, 2.05) is 18.3 Å². The van der Waals surface area contributed by atoms with Gasteiger partial charge in [-0.05, 0) is 111 Å². The van der Waals surface area contributed by atoms with Crippen LogP contribution >= 0.6 is 12.2 Å². The summed E-state index contributed by atoms with van der Waals surface area (Å²) in [6.07, 6.45) is 3.98. The van der Waals surface area contributed by atoms with Crippen LogP contribution in [0.1, 0.15) is 45.7 Å². The molecule has 0 saturated carbocycles. The number of benzene rings is 2. The lowest BCUT2D eigenvalue weighted by molar-refractivity contribution is 0.549. The van der Waals surface area contributed by atoms with Crippen molar-refractivity contribution in [2.45, 2.75) is 39.8 Å². The molecule has 1 aliphatic rings. The maximum Gasteiger partial charge on any atom is 0.174 e. The highest BCUT2D eigenvalue weighted by molar-refractivity contribution is 7.80. The first-order chi connectivity index (χ1) is 15.9. The van der Waals surface area contributed by atoms with E-state index in [9.17, 15) is 0 Å². The minimum absolute atomic E-state index is 0.0507. The monoisotopic (exact) mass is 452 g/mol. The highest BCUT2D eigenvalue weighted by Gasteiger charge is 2.42. The van der Waals surface area contributed by atoms with Crippen molar-refractivity contribution in [1.29, 1.82) is 0 Å². The van der Waals surface area contributed by atoms with Gasteiger partial charge in [0.25, 0.3) is 0 Å². The summed E-state index contributed by atoms with van der Waals surface area (Å²) in [7, 11) is 0. The van der Waals surface area contributed by atoms with Crippen molar-refractivity contribution in [3.8, 4) is 5.69 Å². The zero-order chi connectivity index (χ0) is 23.1. The van der Waals surface area contributed by atoms with Gasteiger partial charge in [-0.3, -0.25) is 4.98 Å². The van der Waals surface area contributed by atoms with Gasteiger partial charge in [-0.15, -0.1) is 0 Å². The number of nitrogens with zero attached hydrogens (tertiary/aromatic N) is 3. The van der Waals surface area contributed by atoms with E-state index in [1.54, 1.807) is 0 Å². The lowest BCUT2D eigenvalue weighted by Gasteiger charge is -2.29. The van der Waals surface area contributed by atoms with E-state index >= 15 is 0 Å². The molecule has 4 nitrogen and oxygen atoms in total. The smallest absolute Gasteiger partial charge is 0.174 e. The molecule has 0 spiro atoms. The average molecular weight is 453 g/mol. The van der Waals surface area contributed by atoms with Gasteiger partial charge in [0.05, 0.1) is 11.7 Å². The van der Waals surface area contributed by atoms with E-state index in [-0.39, 0.29) is 12.1 Å². The molecule has 5 rings (SSSR count). The Balaban J connectivity index is 1.69. The first-order valence-corrected chi connectivity index (χ1v) is 11.7. The second kappa shape index (κ2) is 8.49. The van der Waals surface area contributed by atoms with Crippen molar-refractivity contribution in [1.82, 2.24) is 14.9 Å². The number of pyridine rings is 1. The Morgan fingerprint density at radius 2 is 1.61 bits per heavy atom. The molecule has 0 bridgehead atoms. The van der Waals surface area contributed by atoms with Crippen LogP contribution < -0.4 is 10.2 Å². The second-order valence-electron chi connectivity index (χ2n) is 8.91. The van der Waals surface area contributed by atoms with Crippen LogP contribution in [0.4, 0.5) is 5.69 Å². The predicted molar refractivity (Wildman–Crippen MR) is 139 cm³/mol. The molecule has 1 fully saturated rings. The highest BCUT2D eigenvalue weighted by atomic mass is 32.1. The Morgan fingerprint density at radius 3 is 2.30 bits per heavy atom. The van der Waals surface area contributed by atoms with Gasteiger partial charge in [0.15, 0.2) is 5.11 Å². The summed E-state index contributed by atoms with van der Waals surface area (Å²) in [5, 5.41) is 4.29. The van der Waals surface area contributed by atoms with Crippen LogP contribution in [0.5, 0.6) is 0 Å². The molecular weight excluding hydrogens is 424 g/mol. The molecule has 2 aromatic carbocycles. The molecule has 0 radical (unpaired) electrons. The second-order valence-corrected chi connectivity index (χ2v) is 9.30. The van der Waals surface area contributed by atoms with E-state index in [1.165, 1.54) is 27.9 Å². The number of aromatic nitrogens is 2. The molecular formula is C28H28N4S. The molecule has 1 aliphatic heterocycles. The maximum atomic E-state index is 5.91. The van der Waals surface area contributed by atoms with Crippen LogP contribution in [0.25, 0.3) is 5.69 Å². The van der Waals surface area contributed by atoms with E-state index in [0.29, 0.717) is 5.11 Å². The summed E-state index contributed by atoms with van der Waals surface area (Å²) in [4.78, 5) is 6.94. The van der Waals surface area contributed by atoms with E-state index in [2.05, 4.69) is 108 Å². The normalized spacial score (nSPS) is 17.9. The SMILES string of the molecule is Cc1cc(C)cc(N2C(=S)NC(c3ccccn3)C2c2cccn2-c2ccc(C)c(C)c2)c1. The molecule has 2 aromatic heterocycles. The highest BCUT2D eigenvalue weighted by Crippen LogP contribution is 2.42. The molecule has 4 aromatic rings. The molecule has 3 heterocycles. The summed E-state index contributed by atoms with van der Waals surface area (Å²) in [6.45, 7) is 8.57. The molecule has 0 amide bonds. The Labute approximate surface area is 200 Å². The summed E-state index contributed by atoms with van der Waals surface area (Å²) in [6, 6.07) is 23.5. The first kappa shape index (κ1) is 21.4. The Bertz CT molecular complexity index is 1300. The number of hydrogen-bond donors (Lipinski definition) is 1. The third kappa shape index (κ3) is 3.93. The summed E-state index contributed by atoms with van der Waals surface area (Å²) >= 11 is 5.91. The van der Waals surface area contributed by atoms with E-state index in [4.69, 9.17) is 12.2 Å². The topological polar surface area (TPSA) is 33.1 Å². The van der Waals surface area contributed by atoms with Crippen LogP contribution in [0, 0.1) is 27.7 Å². The van der Waals surface area contributed by atoms with Crippen LogP contribution in [0.2, 0.25) is 0 Å². The molecule has 0 aliphatic carbocycles. The fourth-order valence-electron chi connectivity index (χ4n) is 4.77. The molecule has 1 N–H and O–H groups in total. The van der Waals surface area contributed by atoms with Gasteiger partial charge in [-0.1, -0.05) is 18.2 Å². The van der Waals surface area contributed by atoms with Crippen LogP contribution in [-0.2, 0) is 0 Å². The molecule has 33 heavy (non-hydrogen) atoms. The van der Waals surface area contributed by atoms with E-state index in [0.717, 1.165) is 17.1 Å². The van der Waals surface area contributed by atoms with Gasteiger partial charge in [-0.25, -0.2) is 0 Å². The fraction of sp³-hybridized carbons (Fsp3) is 0.214. The molecule has 2 atom stereocenters. The number of rotatable bonds is 4. The van der Waals surface area contributed by atoms with Gasteiger partial charge in [0.2, 0.25) is 0 Å². The van der Waals surface area contributed by atoms with Crippen molar-refractivity contribution in [2.24, 2.45) is 0 Å². The molecule has 5 heteroatoms. The first-order valence-electron chi connectivity index (χ1n) is 11.3. The molecule has 166 valence electrons. The van der Waals surface area contributed by atoms with E-state index < -0.39 is 0 Å². The lowest BCUT2D eigenvalue weighted by atomic mass is 10.00. The quantitative estimate of drug-likeness (QED) is 0.369. The Hall–Kier alpha value is -3.44. The molecule has 1 saturated heterocycles. The van der Waals surface area contributed by atoms with Gasteiger partial charge < -0.3 is 14.8 Å². The maximum absolute atomic E-state index is 5.91. The largest absolute Gasteiger partial charge is 0.351 e. The third-order valence-electron chi connectivity index (χ3n) is 6.43. The predicted octanol–water partition coefficient (Wildman–Crippen LogP) is 6.28. The Morgan fingerprint density at radius 1 is 0.818 bits per heavy atom. The summed E-state index contributed by atoms with van der Waals surface area (Å²) < 4.78 is 2.28. The lowest BCUT2D eigenvalue weighted by Crippen LogP contribution is -2.30. The Kier molecular flexibility index (Phi) is 5.51. The standard InChI is InChI=1S/C28H28N4S/c1-18-14-19(2)16-23(15-18)32-27(26(30-28(32)33)24-8-5-6-12-29-24)25-9-7-13-31(25)22-11-10-20(3)21(4)17-22/h5-17,26-27H,1-4H3,(H,30,33). The minimum Gasteiger partial charge on any atom is -0.351 e. The van der Waals surface area contributed by atoms with Crippen LogP contribution in [0.15, 0.2) is 79.1 Å². The van der Waals surface area contributed by atoms with Crippen molar-refractivity contribution >= 4 is 23.0 Å². The number of anilines is 1. The summed E-state index contributed by atoms with van der Waals surface area (Å²) in [5.74, 6) is 0.